The molecule has 0 bridgehead atoms. The van der Waals surface area contributed by atoms with Gasteiger partial charge in [-0.25, -0.2) is 17.6 Å². The lowest BCUT2D eigenvalue weighted by Crippen LogP contribution is -2.54. The summed E-state index contributed by atoms with van der Waals surface area (Å²) in [6.07, 6.45) is 2.81. The second-order valence-corrected chi connectivity index (χ2v) is 11.9. The molecular weight excluding hydrogens is 433 g/mol. The van der Waals surface area contributed by atoms with Crippen molar-refractivity contribution < 1.29 is 22.4 Å². The number of rotatable bonds is 6. The molecule has 1 atom stereocenters. The summed E-state index contributed by atoms with van der Waals surface area (Å²) >= 11 is 0. The van der Waals surface area contributed by atoms with Gasteiger partial charge in [-0.05, 0) is 63.8 Å². The van der Waals surface area contributed by atoms with Gasteiger partial charge in [0.1, 0.15) is 6.67 Å². The summed E-state index contributed by atoms with van der Waals surface area (Å²) in [4.78, 5) is 22.4. The van der Waals surface area contributed by atoms with E-state index in [-0.39, 0.29) is 24.6 Å². The quantitative estimate of drug-likeness (QED) is 0.635. The molecule has 1 aromatic rings. The van der Waals surface area contributed by atoms with Crippen LogP contribution in [0.1, 0.15) is 33.6 Å². The van der Waals surface area contributed by atoms with Crippen molar-refractivity contribution in [1.82, 2.24) is 9.96 Å². The summed E-state index contributed by atoms with van der Waals surface area (Å²) in [5.74, 6) is 0.00358. The van der Waals surface area contributed by atoms with E-state index < -0.39 is 15.3 Å². The van der Waals surface area contributed by atoms with Crippen molar-refractivity contribution in [1.29, 1.82) is 0 Å². The Bertz CT molecular complexity index is 869. The number of anilines is 1. The first-order chi connectivity index (χ1) is 15.0. The summed E-state index contributed by atoms with van der Waals surface area (Å²) in [7, 11) is -3.20. The van der Waals surface area contributed by atoms with Crippen LogP contribution in [0.4, 0.5) is 10.1 Å². The van der Waals surface area contributed by atoms with E-state index in [0.717, 1.165) is 44.7 Å². The molecule has 180 valence electrons. The fourth-order valence-corrected chi connectivity index (χ4v) is 4.97. The number of hydrogen-bond acceptors (Lipinski definition) is 7. The first-order valence-corrected chi connectivity index (χ1v) is 13.2. The lowest BCUT2D eigenvalue weighted by atomic mass is 9.89. The number of sulfone groups is 1. The number of benzene rings is 1. The Kier molecular flexibility index (Phi) is 7.83. The molecule has 0 spiro atoms. The molecule has 3 rings (SSSR count). The topological polar surface area (TPSA) is 70.2 Å². The third kappa shape index (κ3) is 6.20. The summed E-state index contributed by atoms with van der Waals surface area (Å²) < 4.78 is 37.4. The zero-order valence-corrected chi connectivity index (χ0v) is 20.4. The zero-order valence-electron chi connectivity index (χ0n) is 19.6. The van der Waals surface area contributed by atoms with E-state index in [0.29, 0.717) is 18.0 Å². The third-order valence-electron chi connectivity index (χ3n) is 6.44. The van der Waals surface area contributed by atoms with Crippen molar-refractivity contribution in [2.45, 2.75) is 44.6 Å². The van der Waals surface area contributed by atoms with Gasteiger partial charge >= 0.3 is 5.97 Å². The maximum atomic E-state index is 14.1. The van der Waals surface area contributed by atoms with E-state index in [1.165, 1.54) is 6.26 Å². The molecule has 0 aromatic heterocycles. The molecule has 0 amide bonds. The molecule has 2 heterocycles. The second-order valence-electron chi connectivity index (χ2n) is 9.91. The number of piperidine rings is 1. The van der Waals surface area contributed by atoms with Crippen LogP contribution in [0, 0.1) is 11.3 Å². The molecule has 2 aliphatic heterocycles. The van der Waals surface area contributed by atoms with Gasteiger partial charge < -0.3 is 9.74 Å². The summed E-state index contributed by atoms with van der Waals surface area (Å²) in [6.45, 7) is 9.47. The van der Waals surface area contributed by atoms with Gasteiger partial charge in [0.25, 0.3) is 0 Å². The number of halogens is 1. The predicted octanol–water partition coefficient (Wildman–Crippen LogP) is 2.77. The lowest BCUT2D eigenvalue weighted by Gasteiger charge is -2.44. The van der Waals surface area contributed by atoms with Crippen LogP contribution in [-0.2, 0) is 19.5 Å². The highest BCUT2D eigenvalue weighted by molar-refractivity contribution is 7.90. The van der Waals surface area contributed by atoms with E-state index >= 15 is 0 Å². The van der Waals surface area contributed by atoms with E-state index in [2.05, 4.69) is 9.80 Å². The molecule has 32 heavy (non-hydrogen) atoms. The van der Waals surface area contributed by atoms with Gasteiger partial charge in [0, 0.05) is 57.3 Å². The number of hydroxylamine groups is 2. The van der Waals surface area contributed by atoms with Gasteiger partial charge in [-0.3, -0.25) is 4.90 Å². The number of nitrogens with zero attached hydrogens (tertiary/aromatic N) is 3. The molecule has 2 fully saturated rings. The number of piperazine rings is 1. The van der Waals surface area contributed by atoms with Gasteiger partial charge in [0.15, 0.2) is 9.84 Å². The molecule has 1 unspecified atom stereocenters. The molecule has 2 saturated heterocycles. The lowest BCUT2D eigenvalue weighted by molar-refractivity contribution is -0.207. The van der Waals surface area contributed by atoms with Crippen LogP contribution in [0.25, 0.3) is 0 Å². The Hall–Kier alpha value is -1.71. The molecule has 0 saturated carbocycles. The van der Waals surface area contributed by atoms with Crippen LogP contribution in [0.2, 0.25) is 0 Å². The molecule has 1 aromatic carbocycles. The Morgan fingerprint density at radius 3 is 2.09 bits per heavy atom. The molecule has 2 aliphatic rings. The normalized spacial score (nSPS) is 20.8. The maximum Gasteiger partial charge on any atom is 0.330 e. The van der Waals surface area contributed by atoms with E-state index in [9.17, 15) is 17.6 Å². The highest BCUT2D eigenvalue weighted by Gasteiger charge is 2.34. The SMILES string of the molecule is CC(C)(C)C(=O)ON1CCC(C(CF)N2CCN(c3ccc(S(C)(=O)=O)cc3)CC2)CC1. The van der Waals surface area contributed by atoms with Crippen LogP contribution in [-0.4, -0.2) is 82.6 Å². The Balaban J connectivity index is 1.51. The van der Waals surface area contributed by atoms with Crippen molar-refractivity contribution in [2.24, 2.45) is 11.3 Å². The number of hydrogen-bond donors (Lipinski definition) is 0. The average Bonchev–Trinajstić information content (AvgIpc) is 2.75. The van der Waals surface area contributed by atoms with Crippen LogP contribution in [0.3, 0.4) is 0 Å². The Morgan fingerprint density at radius 2 is 1.62 bits per heavy atom. The summed E-state index contributed by atoms with van der Waals surface area (Å²) in [5.41, 5.74) is 0.450. The van der Waals surface area contributed by atoms with Gasteiger partial charge in [-0.15, -0.1) is 5.06 Å². The smallest absolute Gasteiger partial charge is 0.330 e. The van der Waals surface area contributed by atoms with Crippen molar-refractivity contribution >= 4 is 21.5 Å². The third-order valence-corrected chi connectivity index (χ3v) is 7.57. The van der Waals surface area contributed by atoms with E-state index in [1.54, 1.807) is 17.2 Å². The van der Waals surface area contributed by atoms with Crippen LogP contribution in [0.15, 0.2) is 29.2 Å². The maximum absolute atomic E-state index is 14.1. The number of alkyl halides is 1. The number of carbonyl (C=O) groups is 1. The second kappa shape index (κ2) is 10.1. The Morgan fingerprint density at radius 1 is 1.06 bits per heavy atom. The van der Waals surface area contributed by atoms with Crippen molar-refractivity contribution in [3.05, 3.63) is 24.3 Å². The minimum atomic E-state index is -3.20. The largest absolute Gasteiger partial charge is 0.369 e. The van der Waals surface area contributed by atoms with E-state index in [1.807, 2.05) is 32.9 Å². The van der Waals surface area contributed by atoms with Crippen molar-refractivity contribution in [2.75, 3.05) is 57.1 Å². The molecule has 0 N–H and O–H groups in total. The predicted molar refractivity (Wildman–Crippen MR) is 123 cm³/mol. The highest BCUT2D eigenvalue weighted by atomic mass is 32.2. The minimum absolute atomic E-state index is 0.120. The molecule has 9 heteroatoms. The fourth-order valence-electron chi connectivity index (χ4n) is 4.34. The average molecular weight is 470 g/mol. The monoisotopic (exact) mass is 469 g/mol. The van der Waals surface area contributed by atoms with Gasteiger partial charge in [0.2, 0.25) is 0 Å². The molecular formula is C23H36FN3O4S. The first-order valence-electron chi connectivity index (χ1n) is 11.3. The minimum Gasteiger partial charge on any atom is -0.369 e. The number of carbonyl (C=O) groups excluding carboxylic acids is 1. The van der Waals surface area contributed by atoms with Gasteiger partial charge in [0.05, 0.1) is 10.3 Å². The van der Waals surface area contributed by atoms with Crippen molar-refractivity contribution in [3.63, 3.8) is 0 Å². The van der Waals surface area contributed by atoms with Gasteiger partial charge in [-0.2, -0.15) is 0 Å². The fraction of sp³-hybridized carbons (Fsp3) is 0.696. The molecule has 7 nitrogen and oxygen atoms in total. The van der Waals surface area contributed by atoms with Crippen LogP contribution < -0.4 is 4.90 Å². The Labute approximate surface area is 191 Å². The standard InChI is InChI=1S/C23H36FN3O4S/c1-23(2,3)22(28)31-27-11-9-18(10-12-27)21(17-24)26-15-13-25(14-16-26)19-5-7-20(8-6-19)32(4,29)30/h5-8,18,21H,9-17H2,1-4H3. The molecule has 0 aliphatic carbocycles. The van der Waals surface area contributed by atoms with Crippen LogP contribution in [0.5, 0.6) is 0 Å². The highest BCUT2D eigenvalue weighted by Crippen LogP contribution is 2.28. The van der Waals surface area contributed by atoms with Gasteiger partial charge in [-0.1, -0.05) is 0 Å². The van der Waals surface area contributed by atoms with Crippen molar-refractivity contribution in [3.8, 4) is 0 Å². The molecule has 0 radical (unpaired) electrons. The zero-order chi connectivity index (χ0) is 23.5. The summed E-state index contributed by atoms with van der Waals surface area (Å²) in [5, 5.41) is 1.72. The van der Waals surface area contributed by atoms with E-state index in [4.69, 9.17) is 4.84 Å². The van der Waals surface area contributed by atoms with Crippen LogP contribution >= 0.6 is 0 Å². The summed E-state index contributed by atoms with van der Waals surface area (Å²) in [6, 6.07) is 6.84. The first kappa shape index (κ1) is 24.9.